The molecule has 218 valence electrons. The predicted octanol–water partition coefficient (Wildman–Crippen LogP) is 9.14. The standard InChI is InChI=1S/C34H50F2O3/c1-3-23-5-7-24(8-6-23)25-9-11-26(12-10-25)27-13-15-28(16-14-27)29-17-18-30(38-21-29)22-39-32-20-19-31(37-4-2)33(35)34(32)36/h3,19-20,23-30H,1,4-18,21-22H2,2H3. The van der Waals surface area contributed by atoms with Crippen LogP contribution in [-0.4, -0.2) is 25.9 Å². The molecule has 5 rings (SSSR count). The van der Waals surface area contributed by atoms with Gasteiger partial charge in [-0.05, 0) is 150 Å². The molecule has 1 aromatic rings. The van der Waals surface area contributed by atoms with Gasteiger partial charge in [-0.1, -0.05) is 6.08 Å². The fourth-order valence-electron chi connectivity index (χ4n) is 8.43. The van der Waals surface area contributed by atoms with E-state index in [0.29, 0.717) is 5.92 Å². The van der Waals surface area contributed by atoms with Crippen molar-refractivity contribution in [1.29, 1.82) is 0 Å². The maximum atomic E-state index is 14.3. The quantitative estimate of drug-likeness (QED) is 0.290. The van der Waals surface area contributed by atoms with Gasteiger partial charge in [0.2, 0.25) is 11.6 Å². The fraction of sp³-hybridized carbons (Fsp3) is 0.765. The highest BCUT2D eigenvalue weighted by molar-refractivity contribution is 5.35. The molecule has 0 N–H and O–H groups in total. The Morgan fingerprint density at radius 3 is 1.56 bits per heavy atom. The second kappa shape index (κ2) is 13.8. The van der Waals surface area contributed by atoms with Gasteiger partial charge in [0.1, 0.15) is 6.61 Å². The summed E-state index contributed by atoms with van der Waals surface area (Å²) in [4.78, 5) is 0. The van der Waals surface area contributed by atoms with E-state index < -0.39 is 11.6 Å². The van der Waals surface area contributed by atoms with E-state index in [1.807, 2.05) is 0 Å². The number of rotatable bonds is 9. The second-order valence-corrected chi connectivity index (χ2v) is 13.0. The summed E-state index contributed by atoms with van der Waals surface area (Å²) in [6.45, 7) is 7.06. The lowest BCUT2D eigenvalue weighted by atomic mass is 9.64. The first-order valence-corrected chi connectivity index (χ1v) is 16.0. The van der Waals surface area contributed by atoms with Crippen LogP contribution in [0.1, 0.15) is 96.8 Å². The predicted molar refractivity (Wildman–Crippen MR) is 152 cm³/mol. The van der Waals surface area contributed by atoms with Crippen LogP contribution < -0.4 is 9.47 Å². The highest BCUT2D eigenvalue weighted by Gasteiger charge is 2.37. The minimum absolute atomic E-state index is 0.0615. The monoisotopic (exact) mass is 544 g/mol. The molecule has 3 aliphatic carbocycles. The molecule has 1 saturated heterocycles. The van der Waals surface area contributed by atoms with Gasteiger partial charge < -0.3 is 14.2 Å². The summed E-state index contributed by atoms with van der Waals surface area (Å²) in [7, 11) is 0. The third-order valence-electron chi connectivity index (χ3n) is 10.9. The lowest BCUT2D eigenvalue weighted by Gasteiger charge is -2.43. The molecule has 0 spiro atoms. The Morgan fingerprint density at radius 1 is 0.692 bits per heavy atom. The van der Waals surface area contributed by atoms with Gasteiger partial charge in [0.25, 0.3) is 0 Å². The second-order valence-electron chi connectivity index (χ2n) is 13.0. The largest absolute Gasteiger partial charge is 0.491 e. The Bertz CT molecular complexity index is 903. The van der Waals surface area contributed by atoms with Crippen LogP contribution in [-0.2, 0) is 4.74 Å². The number of benzene rings is 1. The smallest absolute Gasteiger partial charge is 0.204 e. The van der Waals surface area contributed by atoms with E-state index in [-0.39, 0.29) is 30.8 Å². The van der Waals surface area contributed by atoms with Crippen molar-refractivity contribution >= 4 is 0 Å². The van der Waals surface area contributed by atoms with Crippen LogP contribution in [0.5, 0.6) is 11.5 Å². The molecule has 0 aromatic heterocycles. The first-order chi connectivity index (χ1) is 19.1. The molecular formula is C34H50F2O3. The summed E-state index contributed by atoms with van der Waals surface area (Å²) in [5, 5.41) is 0. The van der Waals surface area contributed by atoms with Crippen molar-refractivity contribution in [2.24, 2.45) is 41.4 Å². The van der Waals surface area contributed by atoms with Gasteiger partial charge in [-0.15, -0.1) is 6.58 Å². The average molecular weight is 545 g/mol. The summed E-state index contributed by atoms with van der Waals surface area (Å²) in [5.74, 6) is 3.92. The molecular weight excluding hydrogens is 494 g/mol. The Morgan fingerprint density at radius 2 is 1.13 bits per heavy atom. The third kappa shape index (κ3) is 7.18. The Labute approximate surface area is 235 Å². The molecule has 4 aliphatic rings. The van der Waals surface area contributed by atoms with E-state index in [9.17, 15) is 8.78 Å². The van der Waals surface area contributed by atoms with Crippen LogP contribution in [0.15, 0.2) is 24.8 Å². The maximum absolute atomic E-state index is 14.3. The van der Waals surface area contributed by atoms with E-state index in [1.54, 1.807) is 6.92 Å². The highest BCUT2D eigenvalue weighted by Crippen LogP contribution is 2.47. The van der Waals surface area contributed by atoms with Crippen molar-refractivity contribution in [3.63, 3.8) is 0 Å². The van der Waals surface area contributed by atoms with Gasteiger partial charge >= 0.3 is 0 Å². The normalized spacial score (nSPS) is 35.8. The number of allylic oxidation sites excluding steroid dienone is 1. The van der Waals surface area contributed by atoms with Crippen LogP contribution in [0.4, 0.5) is 8.78 Å². The molecule has 0 bridgehead atoms. The van der Waals surface area contributed by atoms with Crippen molar-refractivity contribution in [1.82, 2.24) is 0 Å². The zero-order valence-electron chi connectivity index (χ0n) is 24.1. The summed E-state index contributed by atoms with van der Waals surface area (Å²) in [6, 6.07) is 2.86. The first kappa shape index (κ1) is 28.9. The molecule has 5 heteroatoms. The van der Waals surface area contributed by atoms with Crippen molar-refractivity contribution in [3.05, 3.63) is 36.4 Å². The van der Waals surface area contributed by atoms with Gasteiger partial charge in [0.05, 0.1) is 19.3 Å². The summed E-state index contributed by atoms with van der Waals surface area (Å²) in [5.41, 5.74) is 0. The zero-order chi connectivity index (χ0) is 27.2. The molecule has 0 amide bonds. The fourth-order valence-corrected chi connectivity index (χ4v) is 8.43. The summed E-state index contributed by atoms with van der Waals surface area (Å²) in [6.07, 6.45) is 21.2. The maximum Gasteiger partial charge on any atom is 0.204 e. The molecule has 1 aliphatic heterocycles. The Hall–Kier alpha value is -1.62. The number of halogens is 2. The molecule has 4 fully saturated rings. The van der Waals surface area contributed by atoms with Crippen molar-refractivity contribution < 1.29 is 23.0 Å². The molecule has 1 heterocycles. The van der Waals surface area contributed by atoms with E-state index in [1.165, 1.54) is 89.2 Å². The van der Waals surface area contributed by atoms with Gasteiger partial charge in [-0.25, -0.2) is 0 Å². The molecule has 3 nitrogen and oxygen atoms in total. The van der Waals surface area contributed by atoms with E-state index >= 15 is 0 Å². The molecule has 39 heavy (non-hydrogen) atoms. The number of hydrogen-bond donors (Lipinski definition) is 0. The number of hydrogen-bond acceptors (Lipinski definition) is 3. The van der Waals surface area contributed by atoms with Crippen molar-refractivity contribution in [3.8, 4) is 11.5 Å². The lowest BCUT2D eigenvalue weighted by molar-refractivity contribution is -0.0577. The highest BCUT2D eigenvalue weighted by atomic mass is 19.2. The van der Waals surface area contributed by atoms with Crippen LogP contribution in [0.2, 0.25) is 0 Å². The third-order valence-corrected chi connectivity index (χ3v) is 10.9. The molecule has 2 unspecified atom stereocenters. The summed E-state index contributed by atoms with van der Waals surface area (Å²) < 4.78 is 45.3. The van der Waals surface area contributed by atoms with Crippen molar-refractivity contribution in [2.45, 2.75) is 103 Å². The topological polar surface area (TPSA) is 27.7 Å². The Kier molecular flexibility index (Phi) is 10.2. The number of ether oxygens (including phenoxy) is 3. The zero-order valence-corrected chi connectivity index (χ0v) is 24.1. The van der Waals surface area contributed by atoms with Gasteiger partial charge in [0.15, 0.2) is 11.5 Å². The molecule has 3 saturated carbocycles. The minimum atomic E-state index is -0.992. The minimum Gasteiger partial charge on any atom is -0.491 e. The van der Waals surface area contributed by atoms with Crippen LogP contribution in [0.25, 0.3) is 0 Å². The van der Waals surface area contributed by atoms with Crippen LogP contribution in [0, 0.1) is 53.1 Å². The lowest BCUT2D eigenvalue weighted by Crippen LogP contribution is -2.36. The van der Waals surface area contributed by atoms with Crippen LogP contribution in [0.3, 0.4) is 0 Å². The Balaban J connectivity index is 0.987. The van der Waals surface area contributed by atoms with E-state index in [4.69, 9.17) is 14.2 Å². The summed E-state index contributed by atoms with van der Waals surface area (Å²) >= 11 is 0. The first-order valence-electron chi connectivity index (χ1n) is 16.0. The molecule has 1 aromatic carbocycles. The molecule has 2 atom stereocenters. The average Bonchev–Trinajstić information content (AvgIpc) is 3.00. The van der Waals surface area contributed by atoms with Crippen LogP contribution >= 0.6 is 0 Å². The van der Waals surface area contributed by atoms with E-state index in [2.05, 4.69) is 12.7 Å². The van der Waals surface area contributed by atoms with Gasteiger partial charge in [-0.2, -0.15) is 8.78 Å². The SMILES string of the molecule is C=CC1CCC(C2CCC(C3CCC(C4CCC(COc5ccc(OCC)c(F)c5F)OC4)CC3)CC2)CC1. The van der Waals surface area contributed by atoms with Crippen molar-refractivity contribution in [2.75, 3.05) is 19.8 Å². The van der Waals surface area contributed by atoms with Gasteiger partial charge in [-0.3, -0.25) is 0 Å². The van der Waals surface area contributed by atoms with E-state index in [0.717, 1.165) is 55.0 Å². The van der Waals surface area contributed by atoms with Gasteiger partial charge in [0, 0.05) is 0 Å². The molecule has 0 radical (unpaired) electrons.